The number of pyridine rings is 1. The fourth-order valence-corrected chi connectivity index (χ4v) is 1.98. The highest BCUT2D eigenvalue weighted by molar-refractivity contribution is 9.10. The predicted octanol–water partition coefficient (Wildman–Crippen LogP) is 3.20. The lowest BCUT2D eigenvalue weighted by molar-refractivity contribution is -0.384. The Morgan fingerprint density at radius 1 is 1.40 bits per heavy atom. The van der Waals surface area contributed by atoms with Gasteiger partial charge in [0.15, 0.2) is 0 Å². The Balaban J connectivity index is 2.32. The molecule has 7 nitrogen and oxygen atoms in total. The van der Waals surface area contributed by atoms with E-state index in [1.165, 1.54) is 12.3 Å². The highest BCUT2D eigenvalue weighted by atomic mass is 79.9. The molecule has 8 heteroatoms. The van der Waals surface area contributed by atoms with E-state index in [1.54, 1.807) is 0 Å². The van der Waals surface area contributed by atoms with E-state index in [2.05, 4.69) is 26.2 Å². The van der Waals surface area contributed by atoms with E-state index in [1.807, 2.05) is 0 Å². The fraction of sp³-hybridized carbons (Fsp3) is 0.500. The molecule has 0 aliphatic carbocycles. The van der Waals surface area contributed by atoms with Crippen LogP contribution in [0.2, 0.25) is 0 Å². The zero-order chi connectivity index (χ0) is 15.0. The minimum absolute atomic E-state index is 0.0646. The molecule has 1 aromatic rings. The van der Waals surface area contributed by atoms with Gasteiger partial charge in [-0.1, -0.05) is 12.8 Å². The summed E-state index contributed by atoms with van der Waals surface area (Å²) in [7, 11) is 0. The van der Waals surface area contributed by atoms with Gasteiger partial charge in [-0.25, -0.2) is 4.98 Å². The maximum Gasteiger partial charge on any atom is 0.312 e. The molecule has 0 saturated heterocycles. The quantitative estimate of drug-likeness (QED) is 0.404. The topological polar surface area (TPSA) is 105 Å². The molecule has 0 bridgehead atoms. The van der Waals surface area contributed by atoms with E-state index in [0.29, 0.717) is 17.4 Å². The van der Waals surface area contributed by atoms with Crippen LogP contribution < -0.4 is 5.32 Å². The molecule has 0 radical (unpaired) electrons. The number of halogens is 1. The predicted molar refractivity (Wildman–Crippen MR) is 77.8 cm³/mol. The molecule has 20 heavy (non-hydrogen) atoms. The average Bonchev–Trinajstić information content (AvgIpc) is 2.38. The first-order chi connectivity index (χ1) is 9.50. The molecule has 0 amide bonds. The molecule has 0 aliphatic heterocycles. The zero-order valence-electron chi connectivity index (χ0n) is 10.8. The summed E-state index contributed by atoms with van der Waals surface area (Å²) in [6.07, 6.45) is 4.88. The van der Waals surface area contributed by atoms with Crippen molar-refractivity contribution in [3.8, 4) is 0 Å². The molecule has 0 aliphatic rings. The Kier molecular flexibility index (Phi) is 6.92. The second kappa shape index (κ2) is 8.47. The van der Waals surface area contributed by atoms with Crippen LogP contribution in [0.25, 0.3) is 0 Å². The molecule has 0 fully saturated rings. The third-order valence-electron chi connectivity index (χ3n) is 2.64. The van der Waals surface area contributed by atoms with E-state index < -0.39 is 10.9 Å². The largest absolute Gasteiger partial charge is 0.481 e. The summed E-state index contributed by atoms with van der Waals surface area (Å²) in [4.78, 5) is 24.7. The molecule has 1 rings (SSSR count). The van der Waals surface area contributed by atoms with Crippen molar-refractivity contribution in [2.45, 2.75) is 32.1 Å². The van der Waals surface area contributed by atoms with Crippen LogP contribution in [-0.4, -0.2) is 27.5 Å². The van der Waals surface area contributed by atoms with Gasteiger partial charge in [0.2, 0.25) is 5.82 Å². The maximum atomic E-state index is 10.9. The first-order valence-corrected chi connectivity index (χ1v) is 7.05. The average molecular weight is 346 g/mol. The van der Waals surface area contributed by atoms with Gasteiger partial charge in [0, 0.05) is 29.7 Å². The van der Waals surface area contributed by atoms with Crippen molar-refractivity contribution in [1.82, 2.24) is 4.98 Å². The number of nitro groups is 1. The number of anilines is 1. The summed E-state index contributed by atoms with van der Waals surface area (Å²) in [5.41, 5.74) is -0.0646. The van der Waals surface area contributed by atoms with Crippen LogP contribution in [-0.2, 0) is 4.79 Å². The van der Waals surface area contributed by atoms with Crippen LogP contribution in [0.4, 0.5) is 11.5 Å². The number of hydrogen-bond acceptors (Lipinski definition) is 5. The van der Waals surface area contributed by atoms with E-state index in [0.717, 1.165) is 19.3 Å². The van der Waals surface area contributed by atoms with Crippen molar-refractivity contribution in [2.24, 2.45) is 0 Å². The minimum Gasteiger partial charge on any atom is -0.481 e. The first kappa shape index (κ1) is 16.4. The van der Waals surface area contributed by atoms with Gasteiger partial charge in [-0.2, -0.15) is 0 Å². The first-order valence-electron chi connectivity index (χ1n) is 6.26. The van der Waals surface area contributed by atoms with Crippen LogP contribution >= 0.6 is 15.9 Å². The molecule has 0 saturated carbocycles. The number of aromatic nitrogens is 1. The summed E-state index contributed by atoms with van der Waals surface area (Å²) in [6, 6.07) is 1.40. The Hall–Kier alpha value is -1.70. The second-order valence-electron chi connectivity index (χ2n) is 4.26. The van der Waals surface area contributed by atoms with Crippen LogP contribution in [0.5, 0.6) is 0 Å². The van der Waals surface area contributed by atoms with Gasteiger partial charge in [0.1, 0.15) is 0 Å². The molecular weight excluding hydrogens is 330 g/mol. The van der Waals surface area contributed by atoms with Crippen LogP contribution in [0.1, 0.15) is 32.1 Å². The van der Waals surface area contributed by atoms with E-state index >= 15 is 0 Å². The third kappa shape index (κ3) is 5.96. The molecule has 110 valence electrons. The van der Waals surface area contributed by atoms with Crippen molar-refractivity contribution in [3.63, 3.8) is 0 Å². The summed E-state index contributed by atoms with van der Waals surface area (Å²) < 4.78 is 0.559. The van der Waals surface area contributed by atoms with E-state index in [4.69, 9.17) is 5.11 Å². The maximum absolute atomic E-state index is 10.9. The summed E-state index contributed by atoms with van der Waals surface area (Å²) in [5, 5.41) is 22.3. The van der Waals surface area contributed by atoms with Gasteiger partial charge in [0.05, 0.1) is 4.92 Å². The Bertz CT molecular complexity index is 482. The molecule has 2 N–H and O–H groups in total. The number of hydrogen-bond donors (Lipinski definition) is 2. The smallest absolute Gasteiger partial charge is 0.312 e. The Labute approximate surface area is 124 Å². The monoisotopic (exact) mass is 345 g/mol. The second-order valence-corrected chi connectivity index (χ2v) is 5.18. The summed E-state index contributed by atoms with van der Waals surface area (Å²) >= 11 is 3.14. The summed E-state index contributed by atoms with van der Waals surface area (Å²) in [5.74, 6) is -0.526. The van der Waals surface area contributed by atoms with E-state index in [-0.39, 0.29) is 17.9 Å². The number of unbranched alkanes of at least 4 members (excludes halogenated alkanes) is 3. The molecule has 1 heterocycles. The number of nitrogens with one attached hydrogen (secondary N) is 1. The number of carbonyl (C=O) groups is 1. The van der Waals surface area contributed by atoms with Crippen molar-refractivity contribution < 1.29 is 14.8 Å². The van der Waals surface area contributed by atoms with Crippen molar-refractivity contribution in [2.75, 3.05) is 11.9 Å². The van der Waals surface area contributed by atoms with Gasteiger partial charge in [-0.3, -0.25) is 14.9 Å². The highest BCUT2D eigenvalue weighted by Gasteiger charge is 2.15. The molecule has 0 unspecified atom stereocenters. The highest BCUT2D eigenvalue weighted by Crippen LogP contribution is 2.25. The fourth-order valence-electron chi connectivity index (χ4n) is 1.67. The number of rotatable bonds is 9. The molecule has 1 aromatic heterocycles. The number of carboxylic acid groups (broad SMARTS) is 1. The van der Waals surface area contributed by atoms with Crippen LogP contribution in [0.3, 0.4) is 0 Å². The summed E-state index contributed by atoms with van der Waals surface area (Å²) in [6.45, 7) is 0.572. The lowest BCUT2D eigenvalue weighted by Gasteiger charge is -2.06. The number of nitrogens with zero attached hydrogens (tertiary/aromatic N) is 2. The van der Waals surface area contributed by atoms with Crippen LogP contribution in [0, 0.1) is 10.1 Å². The Morgan fingerprint density at radius 3 is 2.75 bits per heavy atom. The van der Waals surface area contributed by atoms with Gasteiger partial charge in [-0.05, 0) is 28.8 Å². The lowest BCUT2D eigenvalue weighted by Crippen LogP contribution is -2.06. The SMILES string of the molecule is O=C(O)CCCCCCNc1ncc(Br)cc1[N+](=O)[O-]. The van der Waals surface area contributed by atoms with Gasteiger partial charge in [0.25, 0.3) is 0 Å². The molecular formula is C12H16BrN3O4. The number of aliphatic carboxylic acids is 1. The normalized spacial score (nSPS) is 10.2. The zero-order valence-corrected chi connectivity index (χ0v) is 12.4. The minimum atomic E-state index is -0.780. The molecule has 0 aromatic carbocycles. The van der Waals surface area contributed by atoms with Crippen LogP contribution in [0.15, 0.2) is 16.7 Å². The van der Waals surface area contributed by atoms with Crippen molar-refractivity contribution in [3.05, 3.63) is 26.9 Å². The van der Waals surface area contributed by atoms with Gasteiger partial charge >= 0.3 is 11.7 Å². The molecule has 0 atom stereocenters. The van der Waals surface area contributed by atoms with Gasteiger partial charge in [-0.15, -0.1) is 0 Å². The van der Waals surface area contributed by atoms with Crippen molar-refractivity contribution in [1.29, 1.82) is 0 Å². The van der Waals surface area contributed by atoms with E-state index in [9.17, 15) is 14.9 Å². The lowest BCUT2D eigenvalue weighted by atomic mass is 10.1. The Morgan fingerprint density at radius 2 is 2.10 bits per heavy atom. The third-order valence-corrected chi connectivity index (χ3v) is 3.07. The standard InChI is InChI=1S/C12H16BrN3O4/c13-9-7-10(16(19)20)12(15-8-9)14-6-4-2-1-3-5-11(17)18/h7-8H,1-6H2,(H,14,15)(H,17,18). The van der Waals surface area contributed by atoms with Gasteiger partial charge < -0.3 is 10.4 Å². The van der Waals surface area contributed by atoms with Crippen molar-refractivity contribution >= 4 is 33.4 Å². The molecule has 0 spiro atoms. The number of carboxylic acids is 1.